The van der Waals surface area contributed by atoms with Crippen LogP contribution in [0.15, 0.2) is 55.0 Å². The van der Waals surface area contributed by atoms with E-state index in [2.05, 4.69) is 21.4 Å². The van der Waals surface area contributed by atoms with Crippen LogP contribution in [-0.4, -0.2) is 15.9 Å². The Balaban J connectivity index is 1.69. The SMILES string of the molecule is N#C[C@@H](Cc1cccc2[nH]ccc12)C(=O)NCc1cccnc1. The predicted molar refractivity (Wildman–Crippen MR) is 87.2 cm³/mol. The van der Waals surface area contributed by atoms with E-state index < -0.39 is 5.92 Å². The fourth-order valence-electron chi connectivity index (χ4n) is 2.56. The molecule has 114 valence electrons. The third kappa shape index (κ3) is 3.38. The van der Waals surface area contributed by atoms with Gasteiger partial charge in [-0.25, -0.2) is 0 Å². The number of benzene rings is 1. The minimum absolute atomic E-state index is 0.260. The number of hydrogen-bond donors (Lipinski definition) is 2. The highest BCUT2D eigenvalue weighted by atomic mass is 16.1. The van der Waals surface area contributed by atoms with Gasteiger partial charge in [0.05, 0.1) is 6.07 Å². The van der Waals surface area contributed by atoms with Gasteiger partial charge in [0.2, 0.25) is 5.91 Å². The average molecular weight is 304 g/mol. The zero-order chi connectivity index (χ0) is 16.1. The summed E-state index contributed by atoms with van der Waals surface area (Å²) in [6, 6.07) is 13.6. The number of nitrogens with one attached hydrogen (secondary N) is 2. The third-order valence-electron chi connectivity index (χ3n) is 3.77. The smallest absolute Gasteiger partial charge is 0.237 e. The van der Waals surface area contributed by atoms with Crippen molar-refractivity contribution in [3.8, 4) is 6.07 Å². The number of hydrogen-bond acceptors (Lipinski definition) is 3. The van der Waals surface area contributed by atoms with Gasteiger partial charge in [-0.15, -0.1) is 0 Å². The van der Waals surface area contributed by atoms with E-state index in [0.29, 0.717) is 13.0 Å². The molecule has 0 aliphatic rings. The second-order valence-electron chi connectivity index (χ2n) is 5.32. The Hall–Kier alpha value is -3.13. The van der Waals surface area contributed by atoms with E-state index in [1.807, 2.05) is 42.6 Å². The Labute approximate surface area is 134 Å². The van der Waals surface area contributed by atoms with Crippen LogP contribution in [0.25, 0.3) is 10.9 Å². The summed E-state index contributed by atoms with van der Waals surface area (Å²) < 4.78 is 0. The van der Waals surface area contributed by atoms with Crippen molar-refractivity contribution in [1.82, 2.24) is 15.3 Å². The Morgan fingerprint density at radius 2 is 2.22 bits per heavy atom. The highest BCUT2D eigenvalue weighted by Gasteiger charge is 2.19. The van der Waals surface area contributed by atoms with Crippen LogP contribution in [0.1, 0.15) is 11.1 Å². The lowest BCUT2D eigenvalue weighted by atomic mass is 9.97. The second kappa shape index (κ2) is 6.75. The average Bonchev–Trinajstić information content (AvgIpc) is 3.08. The summed E-state index contributed by atoms with van der Waals surface area (Å²) in [5.41, 5.74) is 2.91. The molecule has 1 amide bonds. The first kappa shape index (κ1) is 14.8. The maximum atomic E-state index is 12.3. The van der Waals surface area contributed by atoms with E-state index in [9.17, 15) is 10.1 Å². The summed E-state index contributed by atoms with van der Waals surface area (Å²) in [6.07, 6.45) is 5.63. The summed E-state index contributed by atoms with van der Waals surface area (Å²) in [6.45, 7) is 0.374. The second-order valence-corrected chi connectivity index (χ2v) is 5.32. The maximum absolute atomic E-state index is 12.3. The number of carbonyl (C=O) groups excluding carboxylic acids is 1. The molecule has 0 saturated carbocycles. The Kier molecular flexibility index (Phi) is 4.34. The van der Waals surface area contributed by atoms with Crippen LogP contribution in [0.4, 0.5) is 0 Å². The number of aromatic nitrogens is 2. The first-order valence-electron chi connectivity index (χ1n) is 7.39. The van der Waals surface area contributed by atoms with Crippen LogP contribution in [0.2, 0.25) is 0 Å². The molecule has 1 aromatic carbocycles. The number of fused-ring (bicyclic) bond motifs is 1. The normalized spacial score (nSPS) is 11.8. The quantitative estimate of drug-likeness (QED) is 0.760. The van der Waals surface area contributed by atoms with E-state index in [0.717, 1.165) is 22.0 Å². The lowest BCUT2D eigenvalue weighted by Gasteiger charge is -2.11. The molecule has 0 bridgehead atoms. The van der Waals surface area contributed by atoms with Crippen LogP contribution in [-0.2, 0) is 17.8 Å². The number of H-pyrrole nitrogens is 1. The van der Waals surface area contributed by atoms with Gasteiger partial charge < -0.3 is 10.3 Å². The van der Waals surface area contributed by atoms with Crippen molar-refractivity contribution in [3.05, 3.63) is 66.1 Å². The van der Waals surface area contributed by atoms with Gasteiger partial charge in [0.1, 0.15) is 5.92 Å². The van der Waals surface area contributed by atoms with Crippen LogP contribution in [0, 0.1) is 17.2 Å². The lowest BCUT2D eigenvalue weighted by molar-refractivity contribution is -0.123. The number of rotatable bonds is 5. The van der Waals surface area contributed by atoms with Gasteiger partial charge in [0.15, 0.2) is 0 Å². The Morgan fingerprint density at radius 3 is 3.00 bits per heavy atom. The van der Waals surface area contributed by atoms with E-state index >= 15 is 0 Å². The lowest BCUT2D eigenvalue weighted by Crippen LogP contribution is -2.30. The van der Waals surface area contributed by atoms with Crippen molar-refractivity contribution in [1.29, 1.82) is 5.26 Å². The van der Waals surface area contributed by atoms with Crippen LogP contribution < -0.4 is 5.32 Å². The minimum atomic E-state index is -0.716. The number of pyridine rings is 1. The van der Waals surface area contributed by atoms with Gasteiger partial charge >= 0.3 is 0 Å². The van der Waals surface area contributed by atoms with E-state index in [1.165, 1.54) is 0 Å². The van der Waals surface area contributed by atoms with Crippen LogP contribution >= 0.6 is 0 Å². The van der Waals surface area contributed by atoms with Crippen molar-refractivity contribution >= 4 is 16.8 Å². The molecule has 0 aliphatic carbocycles. The molecular weight excluding hydrogens is 288 g/mol. The summed E-state index contributed by atoms with van der Waals surface area (Å²) in [5, 5.41) is 13.2. The molecule has 2 heterocycles. The maximum Gasteiger partial charge on any atom is 0.237 e. The fourth-order valence-corrected chi connectivity index (χ4v) is 2.56. The number of aromatic amines is 1. The molecule has 1 atom stereocenters. The molecule has 5 heteroatoms. The molecule has 5 nitrogen and oxygen atoms in total. The molecule has 0 radical (unpaired) electrons. The summed E-state index contributed by atoms with van der Waals surface area (Å²) in [7, 11) is 0. The van der Waals surface area contributed by atoms with Crippen molar-refractivity contribution in [3.63, 3.8) is 0 Å². The molecule has 3 aromatic rings. The zero-order valence-corrected chi connectivity index (χ0v) is 12.5. The van der Waals surface area contributed by atoms with Crippen molar-refractivity contribution in [2.24, 2.45) is 5.92 Å². The van der Waals surface area contributed by atoms with E-state index in [4.69, 9.17) is 0 Å². The van der Waals surface area contributed by atoms with Crippen molar-refractivity contribution in [2.75, 3.05) is 0 Å². The largest absolute Gasteiger partial charge is 0.361 e. The zero-order valence-electron chi connectivity index (χ0n) is 12.5. The highest BCUT2D eigenvalue weighted by Crippen LogP contribution is 2.20. The highest BCUT2D eigenvalue weighted by molar-refractivity contribution is 5.85. The molecule has 0 aliphatic heterocycles. The predicted octanol–water partition coefficient (Wildman–Crippen LogP) is 2.56. The summed E-state index contributed by atoms with van der Waals surface area (Å²) >= 11 is 0. The number of amides is 1. The van der Waals surface area contributed by atoms with Crippen molar-refractivity contribution in [2.45, 2.75) is 13.0 Å². The first-order chi connectivity index (χ1) is 11.3. The molecule has 2 aromatic heterocycles. The Bertz CT molecular complexity index is 848. The van der Waals surface area contributed by atoms with Gasteiger partial charge in [0, 0.05) is 36.0 Å². The Morgan fingerprint density at radius 1 is 1.30 bits per heavy atom. The molecule has 0 spiro atoms. The molecule has 0 fully saturated rings. The molecule has 0 saturated heterocycles. The molecule has 3 rings (SSSR count). The van der Waals surface area contributed by atoms with E-state index in [-0.39, 0.29) is 5.91 Å². The third-order valence-corrected chi connectivity index (χ3v) is 3.77. The topological polar surface area (TPSA) is 81.6 Å². The number of nitrogens with zero attached hydrogens (tertiary/aromatic N) is 2. The minimum Gasteiger partial charge on any atom is -0.361 e. The van der Waals surface area contributed by atoms with Gasteiger partial charge in [-0.2, -0.15) is 5.26 Å². The summed E-state index contributed by atoms with van der Waals surface area (Å²) in [4.78, 5) is 19.4. The molecule has 23 heavy (non-hydrogen) atoms. The molecular formula is C18H16N4O. The molecule has 0 unspecified atom stereocenters. The van der Waals surface area contributed by atoms with Gasteiger partial charge in [-0.05, 0) is 35.7 Å². The van der Waals surface area contributed by atoms with Gasteiger partial charge in [-0.3, -0.25) is 9.78 Å². The number of nitriles is 1. The molecule has 2 N–H and O–H groups in total. The van der Waals surface area contributed by atoms with Crippen LogP contribution in [0.3, 0.4) is 0 Å². The van der Waals surface area contributed by atoms with E-state index in [1.54, 1.807) is 12.4 Å². The van der Waals surface area contributed by atoms with Crippen molar-refractivity contribution < 1.29 is 4.79 Å². The standard InChI is InChI=1S/C18H16N4O/c19-10-15(18(23)22-12-13-3-2-7-20-11-13)9-14-4-1-5-17-16(14)6-8-21-17/h1-8,11,15,21H,9,12H2,(H,22,23)/t15-/m1/s1. The number of carbonyl (C=O) groups is 1. The van der Waals surface area contributed by atoms with Crippen LogP contribution in [0.5, 0.6) is 0 Å². The van der Waals surface area contributed by atoms with Gasteiger partial charge in [0.25, 0.3) is 0 Å². The fraction of sp³-hybridized carbons (Fsp3) is 0.167. The first-order valence-corrected chi connectivity index (χ1v) is 7.39. The summed E-state index contributed by atoms with van der Waals surface area (Å²) in [5.74, 6) is -0.976. The van der Waals surface area contributed by atoms with Gasteiger partial charge in [-0.1, -0.05) is 18.2 Å². The monoisotopic (exact) mass is 304 g/mol.